The quantitative estimate of drug-likeness (QED) is 0.202. The molecule has 4 atom stereocenters. The first-order chi connectivity index (χ1) is 18.7. The number of likely N-dealkylation sites (tertiary alicyclic amines) is 1. The molecule has 3 aliphatic rings. The fraction of sp³-hybridized carbons (Fsp3) is 0.871. The zero-order chi connectivity index (χ0) is 29.7. The van der Waals surface area contributed by atoms with Crippen LogP contribution in [0.25, 0.3) is 0 Å². The lowest BCUT2D eigenvalue weighted by molar-refractivity contribution is -0.144. The van der Waals surface area contributed by atoms with Crippen LogP contribution in [0, 0.1) is 23.2 Å². The first kappa shape index (κ1) is 32.5. The summed E-state index contributed by atoms with van der Waals surface area (Å²) in [6, 6.07) is -2.11. The fourth-order valence-corrected chi connectivity index (χ4v) is 6.84. The van der Waals surface area contributed by atoms with Gasteiger partial charge in [0.25, 0.3) is 5.91 Å². The Labute approximate surface area is 241 Å². The molecule has 3 amide bonds. The van der Waals surface area contributed by atoms with E-state index in [2.05, 4.69) is 36.7 Å². The molecule has 2 aliphatic carbocycles. The van der Waals surface area contributed by atoms with Gasteiger partial charge in [-0.25, -0.2) is 0 Å². The highest BCUT2D eigenvalue weighted by atomic mass is 16.2. The summed E-state index contributed by atoms with van der Waals surface area (Å²) in [6.45, 7) is 13.6. The SMILES string of the molecule is CC(C)CC1CCN(C(=O)C(NCNC2(C)CCCCC2)C(C)(C)C)C1C(=O)NC(CC1CCC1)C(=O)C(N)=O. The standard InChI is InChI=1S/C31H55N5O4/c1-20(2)17-22-13-16-36(24(22)28(39)35-23(25(37)27(32)38)18-21-11-10-12-21)29(40)26(30(3,4)5)33-19-34-31(6)14-8-7-9-15-31/h20-24,26,33-34H,7-19H2,1-6H3,(H2,32,38)(H,35,39). The van der Waals surface area contributed by atoms with Crippen LogP contribution in [0.1, 0.15) is 112 Å². The van der Waals surface area contributed by atoms with Crippen LogP contribution in [-0.2, 0) is 19.2 Å². The van der Waals surface area contributed by atoms with Crippen molar-refractivity contribution in [1.29, 1.82) is 0 Å². The Morgan fingerprint density at radius 3 is 2.15 bits per heavy atom. The third kappa shape index (κ3) is 8.51. The summed E-state index contributed by atoms with van der Waals surface area (Å²) in [5.74, 6) is -1.59. The smallest absolute Gasteiger partial charge is 0.287 e. The molecule has 2 saturated carbocycles. The molecule has 3 rings (SSSR count). The number of nitrogens with two attached hydrogens (primary N) is 1. The Balaban J connectivity index is 1.78. The molecule has 4 unspecified atom stereocenters. The minimum Gasteiger partial charge on any atom is -0.363 e. The van der Waals surface area contributed by atoms with Crippen molar-refractivity contribution in [2.75, 3.05) is 13.2 Å². The number of carbonyl (C=O) groups excluding carboxylic acids is 4. The summed E-state index contributed by atoms with van der Waals surface area (Å²) >= 11 is 0. The Morgan fingerprint density at radius 1 is 0.975 bits per heavy atom. The van der Waals surface area contributed by atoms with Crippen molar-refractivity contribution in [2.45, 2.75) is 136 Å². The lowest BCUT2D eigenvalue weighted by atomic mass is 9.80. The second-order valence-electron chi connectivity index (χ2n) is 14.5. The fourth-order valence-electron chi connectivity index (χ4n) is 6.84. The van der Waals surface area contributed by atoms with Crippen LogP contribution in [0.5, 0.6) is 0 Å². The van der Waals surface area contributed by atoms with E-state index in [-0.39, 0.29) is 28.7 Å². The van der Waals surface area contributed by atoms with Crippen molar-refractivity contribution in [1.82, 2.24) is 20.9 Å². The highest BCUT2D eigenvalue weighted by Gasteiger charge is 2.46. The van der Waals surface area contributed by atoms with E-state index < -0.39 is 29.8 Å². The van der Waals surface area contributed by atoms with Crippen molar-refractivity contribution in [3.63, 3.8) is 0 Å². The number of hydrogen-bond acceptors (Lipinski definition) is 6. The average molecular weight is 562 g/mol. The van der Waals surface area contributed by atoms with Crippen molar-refractivity contribution >= 4 is 23.5 Å². The molecule has 5 N–H and O–H groups in total. The Kier molecular flexibility index (Phi) is 11.2. The Morgan fingerprint density at radius 2 is 1.62 bits per heavy atom. The average Bonchev–Trinajstić information content (AvgIpc) is 3.24. The molecular formula is C31H55N5O4. The summed E-state index contributed by atoms with van der Waals surface area (Å²) < 4.78 is 0. The highest BCUT2D eigenvalue weighted by Crippen LogP contribution is 2.34. The predicted molar refractivity (Wildman–Crippen MR) is 157 cm³/mol. The molecule has 0 radical (unpaired) electrons. The van der Waals surface area contributed by atoms with Gasteiger partial charge in [-0.3, -0.25) is 29.8 Å². The molecule has 0 aromatic heterocycles. The van der Waals surface area contributed by atoms with Gasteiger partial charge < -0.3 is 16.0 Å². The topological polar surface area (TPSA) is 134 Å². The number of Topliss-reactive ketones (excluding diaryl/α,β-unsaturated/α-hetero) is 1. The molecule has 0 aromatic carbocycles. The summed E-state index contributed by atoms with van der Waals surface area (Å²) in [5, 5.41) is 10.0. The van der Waals surface area contributed by atoms with Crippen molar-refractivity contribution in [3.05, 3.63) is 0 Å². The van der Waals surface area contributed by atoms with Crippen LogP contribution in [0.3, 0.4) is 0 Å². The van der Waals surface area contributed by atoms with Gasteiger partial charge in [-0.15, -0.1) is 0 Å². The summed E-state index contributed by atoms with van der Waals surface area (Å²) in [7, 11) is 0. The Hall–Kier alpha value is -2.00. The van der Waals surface area contributed by atoms with Crippen molar-refractivity contribution in [3.8, 4) is 0 Å². The number of rotatable bonds is 13. The molecule has 3 fully saturated rings. The number of primary amides is 1. The van der Waals surface area contributed by atoms with E-state index in [1.54, 1.807) is 4.90 Å². The monoisotopic (exact) mass is 561 g/mol. The number of ketones is 1. The first-order valence-corrected chi connectivity index (χ1v) is 15.6. The van der Waals surface area contributed by atoms with Gasteiger partial charge in [0.15, 0.2) is 0 Å². The maximum atomic E-state index is 14.2. The second-order valence-corrected chi connectivity index (χ2v) is 14.5. The highest BCUT2D eigenvalue weighted by molar-refractivity contribution is 6.37. The minimum atomic E-state index is -1.03. The van der Waals surface area contributed by atoms with Crippen molar-refractivity contribution < 1.29 is 19.2 Å². The van der Waals surface area contributed by atoms with Gasteiger partial charge in [-0.1, -0.05) is 73.1 Å². The number of carbonyl (C=O) groups is 4. The predicted octanol–water partition coefficient (Wildman–Crippen LogP) is 3.25. The zero-order valence-corrected chi connectivity index (χ0v) is 25.8. The molecular weight excluding hydrogens is 506 g/mol. The van der Waals surface area contributed by atoms with E-state index in [1.807, 2.05) is 20.8 Å². The first-order valence-electron chi connectivity index (χ1n) is 15.6. The largest absolute Gasteiger partial charge is 0.363 e. The molecule has 0 spiro atoms. The van der Waals surface area contributed by atoms with Crippen LogP contribution >= 0.6 is 0 Å². The molecule has 1 heterocycles. The normalized spacial score (nSPS) is 24.8. The van der Waals surface area contributed by atoms with E-state index in [1.165, 1.54) is 19.3 Å². The van der Waals surface area contributed by atoms with Gasteiger partial charge in [0, 0.05) is 18.8 Å². The van der Waals surface area contributed by atoms with E-state index in [4.69, 9.17) is 5.73 Å². The number of nitrogens with zero attached hydrogens (tertiary/aromatic N) is 1. The molecule has 0 aromatic rings. The maximum Gasteiger partial charge on any atom is 0.287 e. The maximum absolute atomic E-state index is 14.2. The molecule has 1 saturated heterocycles. The van der Waals surface area contributed by atoms with Gasteiger partial charge in [0.2, 0.25) is 17.6 Å². The van der Waals surface area contributed by atoms with E-state index in [0.29, 0.717) is 31.5 Å². The van der Waals surface area contributed by atoms with Crippen LogP contribution in [0.15, 0.2) is 0 Å². The molecule has 9 heteroatoms. The van der Waals surface area contributed by atoms with Crippen LogP contribution in [0.2, 0.25) is 0 Å². The minimum absolute atomic E-state index is 0.0168. The van der Waals surface area contributed by atoms with E-state index in [9.17, 15) is 19.2 Å². The van der Waals surface area contributed by atoms with Gasteiger partial charge in [0.1, 0.15) is 6.04 Å². The number of nitrogens with one attached hydrogen (secondary N) is 3. The lowest BCUT2D eigenvalue weighted by Gasteiger charge is -2.39. The van der Waals surface area contributed by atoms with Crippen LogP contribution in [-0.4, -0.2) is 65.3 Å². The van der Waals surface area contributed by atoms with Crippen LogP contribution in [0.4, 0.5) is 0 Å². The van der Waals surface area contributed by atoms with E-state index in [0.717, 1.165) is 44.9 Å². The number of amides is 3. The van der Waals surface area contributed by atoms with Gasteiger partial charge in [-0.2, -0.15) is 0 Å². The molecule has 228 valence electrons. The zero-order valence-electron chi connectivity index (χ0n) is 25.8. The summed E-state index contributed by atoms with van der Waals surface area (Å²) in [6.07, 6.45) is 10.9. The summed E-state index contributed by atoms with van der Waals surface area (Å²) in [4.78, 5) is 54.2. The van der Waals surface area contributed by atoms with Gasteiger partial charge in [0.05, 0.1) is 12.1 Å². The van der Waals surface area contributed by atoms with E-state index >= 15 is 0 Å². The van der Waals surface area contributed by atoms with Crippen LogP contribution < -0.4 is 21.7 Å². The third-order valence-electron chi connectivity index (χ3n) is 9.41. The molecule has 0 bridgehead atoms. The Bertz CT molecular complexity index is 904. The second kappa shape index (κ2) is 13.8. The lowest BCUT2D eigenvalue weighted by Crippen LogP contribution is -2.61. The van der Waals surface area contributed by atoms with Gasteiger partial charge in [-0.05, 0) is 62.2 Å². The molecule has 40 heavy (non-hydrogen) atoms. The third-order valence-corrected chi connectivity index (χ3v) is 9.41. The molecule has 1 aliphatic heterocycles. The summed E-state index contributed by atoms with van der Waals surface area (Å²) in [5.41, 5.74) is 5.04. The number of hydrogen-bond donors (Lipinski definition) is 4. The van der Waals surface area contributed by atoms with Crippen molar-refractivity contribution in [2.24, 2.45) is 28.9 Å². The molecule has 9 nitrogen and oxygen atoms in total. The van der Waals surface area contributed by atoms with Gasteiger partial charge >= 0.3 is 0 Å².